The lowest BCUT2D eigenvalue weighted by molar-refractivity contribution is 0.202. The average molecular weight is 308 g/mol. The summed E-state index contributed by atoms with van der Waals surface area (Å²) in [7, 11) is 2.21. The predicted octanol–water partition coefficient (Wildman–Crippen LogP) is 3.00. The number of ether oxygens (including phenoxy) is 1. The fourth-order valence-corrected chi connectivity index (χ4v) is 3.77. The van der Waals surface area contributed by atoms with E-state index in [0.29, 0.717) is 0 Å². The molecule has 3 nitrogen and oxygen atoms in total. The summed E-state index contributed by atoms with van der Waals surface area (Å²) in [6, 6.07) is 9.19. The van der Waals surface area contributed by atoms with Crippen molar-refractivity contribution >= 4 is 11.8 Å². The second-order valence-corrected chi connectivity index (χ2v) is 6.82. The molecule has 1 N–H and O–H groups in total. The van der Waals surface area contributed by atoms with Crippen LogP contribution in [0.2, 0.25) is 0 Å². The van der Waals surface area contributed by atoms with Gasteiger partial charge in [-0.05, 0) is 49.9 Å². The molecule has 1 fully saturated rings. The second-order valence-electron chi connectivity index (χ2n) is 5.67. The number of nitrogens with one attached hydrogen (secondary N) is 1. The Morgan fingerprint density at radius 3 is 2.81 bits per heavy atom. The molecule has 118 valence electrons. The van der Waals surface area contributed by atoms with Gasteiger partial charge in [0, 0.05) is 24.9 Å². The summed E-state index contributed by atoms with van der Waals surface area (Å²) >= 11 is 2.06. The summed E-state index contributed by atoms with van der Waals surface area (Å²) in [5, 5.41) is 3.41. The van der Waals surface area contributed by atoms with Gasteiger partial charge in [0.25, 0.3) is 0 Å². The van der Waals surface area contributed by atoms with E-state index in [1.54, 1.807) is 0 Å². The molecule has 0 spiro atoms. The first-order valence-electron chi connectivity index (χ1n) is 8.00. The zero-order chi connectivity index (χ0) is 14.9. The number of hydrogen-bond donors (Lipinski definition) is 1. The Morgan fingerprint density at radius 1 is 1.33 bits per heavy atom. The van der Waals surface area contributed by atoms with Gasteiger partial charge < -0.3 is 10.1 Å². The highest BCUT2D eigenvalue weighted by Crippen LogP contribution is 2.21. The van der Waals surface area contributed by atoms with E-state index in [1.807, 2.05) is 0 Å². The number of rotatable bonds is 9. The number of benzene rings is 1. The Hall–Kier alpha value is -0.710. The van der Waals surface area contributed by atoms with Crippen LogP contribution < -0.4 is 10.1 Å². The zero-order valence-corrected chi connectivity index (χ0v) is 14.1. The topological polar surface area (TPSA) is 24.5 Å². The molecule has 1 atom stereocenters. The van der Waals surface area contributed by atoms with Crippen LogP contribution in [-0.4, -0.2) is 49.2 Å². The molecular formula is C17H28N2OS. The van der Waals surface area contributed by atoms with Crippen LogP contribution in [0.15, 0.2) is 24.3 Å². The van der Waals surface area contributed by atoms with E-state index in [2.05, 4.69) is 60.2 Å². The van der Waals surface area contributed by atoms with Gasteiger partial charge in [0.05, 0.1) is 0 Å². The first-order chi connectivity index (χ1) is 10.3. The van der Waals surface area contributed by atoms with Crippen LogP contribution in [0.5, 0.6) is 5.75 Å². The van der Waals surface area contributed by atoms with Gasteiger partial charge in [-0.25, -0.2) is 0 Å². The molecular weight excluding hydrogens is 280 g/mol. The molecule has 0 aliphatic carbocycles. The van der Waals surface area contributed by atoms with Crippen molar-refractivity contribution in [2.45, 2.75) is 32.4 Å². The average Bonchev–Trinajstić information content (AvgIpc) is 3.03. The summed E-state index contributed by atoms with van der Waals surface area (Å²) in [5.74, 6) is 3.56. The largest absolute Gasteiger partial charge is 0.492 e. The quantitative estimate of drug-likeness (QED) is 0.709. The van der Waals surface area contributed by atoms with E-state index < -0.39 is 0 Å². The lowest BCUT2D eigenvalue weighted by atomic mass is 10.2. The number of hydrogen-bond acceptors (Lipinski definition) is 4. The third-order valence-corrected chi connectivity index (χ3v) is 5.07. The Bertz CT molecular complexity index is 390. The van der Waals surface area contributed by atoms with E-state index in [4.69, 9.17) is 4.74 Å². The molecule has 0 radical (unpaired) electrons. The third-order valence-electron chi connectivity index (χ3n) is 3.92. The maximum atomic E-state index is 5.85. The molecule has 1 aromatic carbocycles. The van der Waals surface area contributed by atoms with Crippen molar-refractivity contribution in [1.82, 2.24) is 10.2 Å². The van der Waals surface area contributed by atoms with Gasteiger partial charge in [0.15, 0.2) is 0 Å². The summed E-state index contributed by atoms with van der Waals surface area (Å²) in [6.45, 7) is 5.97. The van der Waals surface area contributed by atoms with Crippen molar-refractivity contribution in [3.05, 3.63) is 29.8 Å². The normalized spacial score (nSPS) is 18.3. The highest BCUT2D eigenvalue weighted by Gasteiger charge is 2.19. The fraction of sp³-hybridized carbons (Fsp3) is 0.647. The van der Waals surface area contributed by atoms with Crippen molar-refractivity contribution in [2.75, 3.05) is 38.2 Å². The lowest BCUT2D eigenvalue weighted by Gasteiger charge is -2.23. The molecule has 1 aliphatic heterocycles. The molecule has 1 heterocycles. The Kier molecular flexibility index (Phi) is 7.41. The predicted molar refractivity (Wildman–Crippen MR) is 92.3 cm³/mol. The highest BCUT2D eigenvalue weighted by atomic mass is 32.2. The first-order valence-corrected chi connectivity index (χ1v) is 9.15. The van der Waals surface area contributed by atoms with Crippen LogP contribution in [0.25, 0.3) is 0 Å². The van der Waals surface area contributed by atoms with Gasteiger partial charge in [-0.15, -0.1) is 0 Å². The molecule has 21 heavy (non-hydrogen) atoms. The van der Waals surface area contributed by atoms with Crippen LogP contribution in [0.1, 0.15) is 25.3 Å². The van der Waals surface area contributed by atoms with E-state index in [9.17, 15) is 0 Å². The van der Waals surface area contributed by atoms with Crippen molar-refractivity contribution in [3.8, 4) is 5.75 Å². The van der Waals surface area contributed by atoms with Crippen molar-refractivity contribution in [1.29, 1.82) is 0 Å². The summed E-state index contributed by atoms with van der Waals surface area (Å²) < 4.78 is 5.85. The van der Waals surface area contributed by atoms with E-state index in [0.717, 1.165) is 38.0 Å². The van der Waals surface area contributed by atoms with Gasteiger partial charge in [0.1, 0.15) is 12.4 Å². The smallest absolute Gasteiger partial charge is 0.119 e. The monoisotopic (exact) mass is 308 g/mol. The Balaban J connectivity index is 1.66. The van der Waals surface area contributed by atoms with Crippen LogP contribution >= 0.6 is 11.8 Å². The molecule has 1 unspecified atom stereocenters. The van der Waals surface area contributed by atoms with Crippen molar-refractivity contribution in [3.63, 3.8) is 0 Å². The van der Waals surface area contributed by atoms with E-state index in [-0.39, 0.29) is 0 Å². The van der Waals surface area contributed by atoms with Crippen molar-refractivity contribution < 1.29 is 4.74 Å². The molecule has 4 heteroatoms. The molecule has 0 saturated carbocycles. The maximum absolute atomic E-state index is 5.85. The third kappa shape index (κ3) is 5.89. The molecule has 1 aliphatic rings. The van der Waals surface area contributed by atoms with Gasteiger partial charge in [-0.3, -0.25) is 4.90 Å². The van der Waals surface area contributed by atoms with Gasteiger partial charge in [-0.2, -0.15) is 11.8 Å². The number of likely N-dealkylation sites (N-methyl/N-ethyl adjacent to an activating group) is 1. The summed E-state index contributed by atoms with van der Waals surface area (Å²) in [4.78, 5) is 2.43. The second kappa shape index (κ2) is 9.34. The van der Waals surface area contributed by atoms with Crippen molar-refractivity contribution in [2.24, 2.45) is 0 Å². The van der Waals surface area contributed by atoms with Gasteiger partial charge in [0.2, 0.25) is 0 Å². The van der Waals surface area contributed by atoms with Crippen LogP contribution in [0.3, 0.4) is 0 Å². The molecule has 2 rings (SSSR count). The van der Waals surface area contributed by atoms with Gasteiger partial charge in [-0.1, -0.05) is 19.1 Å². The highest BCUT2D eigenvalue weighted by molar-refractivity contribution is 7.99. The number of nitrogens with zero attached hydrogens (tertiary/aromatic N) is 1. The SMILES string of the molecule is CCCNCc1ccc(OCCN(C)C2CCSC2)cc1. The molecule has 0 aromatic heterocycles. The molecule has 0 amide bonds. The fourth-order valence-electron chi connectivity index (χ4n) is 2.47. The maximum Gasteiger partial charge on any atom is 0.119 e. The lowest BCUT2D eigenvalue weighted by Crippen LogP contribution is -2.34. The van der Waals surface area contributed by atoms with Crippen LogP contribution in [0.4, 0.5) is 0 Å². The van der Waals surface area contributed by atoms with E-state index in [1.165, 1.54) is 29.9 Å². The minimum Gasteiger partial charge on any atom is -0.492 e. The first kappa shape index (κ1) is 16.7. The molecule has 0 bridgehead atoms. The minimum atomic E-state index is 0.741. The van der Waals surface area contributed by atoms with Crippen LogP contribution in [0, 0.1) is 0 Å². The van der Waals surface area contributed by atoms with E-state index >= 15 is 0 Å². The zero-order valence-electron chi connectivity index (χ0n) is 13.3. The summed E-state index contributed by atoms with van der Waals surface area (Å²) in [5.41, 5.74) is 1.32. The molecule has 1 saturated heterocycles. The van der Waals surface area contributed by atoms with Crippen LogP contribution in [-0.2, 0) is 6.54 Å². The Morgan fingerprint density at radius 2 is 2.14 bits per heavy atom. The Labute approximate surface area is 133 Å². The number of thioether (sulfide) groups is 1. The standard InChI is InChI=1S/C17H28N2OS/c1-3-9-18-13-15-4-6-17(7-5-15)20-11-10-19(2)16-8-12-21-14-16/h4-7,16,18H,3,8-14H2,1-2H3. The minimum absolute atomic E-state index is 0.741. The van der Waals surface area contributed by atoms with Gasteiger partial charge >= 0.3 is 0 Å². The summed E-state index contributed by atoms with van der Waals surface area (Å²) in [6.07, 6.45) is 2.49. The molecule has 1 aromatic rings.